The van der Waals surface area contributed by atoms with Gasteiger partial charge in [-0.25, -0.2) is 0 Å². The lowest BCUT2D eigenvalue weighted by atomic mass is 9.47. The highest BCUT2D eigenvalue weighted by Gasteiger charge is 2.54. The summed E-state index contributed by atoms with van der Waals surface area (Å²) in [6.45, 7) is 2.14. The van der Waals surface area contributed by atoms with Gasteiger partial charge >= 0.3 is 0 Å². The van der Waals surface area contributed by atoms with Crippen molar-refractivity contribution in [2.75, 3.05) is 0 Å². The first-order valence-electron chi connectivity index (χ1n) is 9.33. The molecular weight excluding hydrogens is 302 g/mol. The monoisotopic (exact) mass is 329 g/mol. The summed E-state index contributed by atoms with van der Waals surface area (Å²) in [5, 5.41) is 7.10. The van der Waals surface area contributed by atoms with Gasteiger partial charge in [0.05, 0.1) is 11.8 Å². The molecule has 5 rings (SSSR count). The SMILES string of the molecule is CC[C@@H](NC(=O)C(=O)c1cnn(C)c1)C12CC3CC(CC(C3)C1)C2. The van der Waals surface area contributed by atoms with E-state index >= 15 is 0 Å². The Morgan fingerprint density at radius 3 is 2.29 bits per heavy atom. The summed E-state index contributed by atoms with van der Waals surface area (Å²) < 4.78 is 1.55. The van der Waals surface area contributed by atoms with E-state index in [-0.39, 0.29) is 11.5 Å². The van der Waals surface area contributed by atoms with E-state index in [1.54, 1.807) is 17.9 Å². The molecule has 0 aromatic carbocycles. The minimum absolute atomic E-state index is 0.124. The normalized spacial score (nSPS) is 35.0. The van der Waals surface area contributed by atoms with Gasteiger partial charge in [-0.2, -0.15) is 5.10 Å². The molecule has 0 spiro atoms. The van der Waals surface area contributed by atoms with Gasteiger partial charge in [0.25, 0.3) is 11.7 Å². The van der Waals surface area contributed by atoms with Crippen LogP contribution < -0.4 is 5.32 Å². The molecule has 1 aromatic heterocycles. The average molecular weight is 329 g/mol. The van der Waals surface area contributed by atoms with Crippen LogP contribution in [0.3, 0.4) is 0 Å². The Kier molecular flexibility index (Phi) is 3.77. The van der Waals surface area contributed by atoms with Crippen LogP contribution in [0.4, 0.5) is 0 Å². The highest BCUT2D eigenvalue weighted by molar-refractivity contribution is 6.42. The Morgan fingerprint density at radius 1 is 1.25 bits per heavy atom. The van der Waals surface area contributed by atoms with Crippen molar-refractivity contribution < 1.29 is 9.59 Å². The fourth-order valence-electron chi connectivity index (χ4n) is 6.19. The van der Waals surface area contributed by atoms with E-state index in [0.717, 1.165) is 24.2 Å². The number of aryl methyl sites for hydroxylation is 1. The molecule has 4 saturated carbocycles. The largest absolute Gasteiger partial charge is 0.346 e. The van der Waals surface area contributed by atoms with Crippen molar-refractivity contribution in [2.45, 2.75) is 57.9 Å². The molecule has 1 N–H and O–H groups in total. The molecule has 0 saturated heterocycles. The van der Waals surface area contributed by atoms with Crippen LogP contribution in [0.25, 0.3) is 0 Å². The van der Waals surface area contributed by atoms with E-state index < -0.39 is 11.7 Å². The van der Waals surface area contributed by atoms with E-state index in [4.69, 9.17) is 0 Å². The second kappa shape index (κ2) is 5.71. The highest BCUT2D eigenvalue weighted by atomic mass is 16.2. The molecule has 1 amide bonds. The van der Waals surface area contributed by atoms with Crippen LogP contribution in [0, 0.1) is 23.2 Å². The van der Waals surface area contributed by atoms with Crippen LogP contribution in [0.5, 0.6) is 0 Å². The van der Waals surface area contributed by atoms with Crippen LogP contribution in [-0.4, -0.2) is 27.5 Å². The Balaban J connectivity index is 1.50. The Bertz CT molecular complexity index is 628. The molecule has 24 heavy (non-hydrogen) atoms. The maximum Gasteiger partial charge on any atom is 0.292 e. The molecule has 4 aliphatic carbocycles. The van der Waals surface area contributed by atoms with E-state index in [2.05, 4.69) is 17.3 Å². The number of nitrogens with one attached hydrogen (secondary N) is 1. The minimum Gasteiger partial charge on any atom is -0.346 e. The minimum atomic E-state index is -0.467. The number of ketones is 1. The van der Waals surface area contributed by atoms with Crippen LogP contribution in [0.1, 0.15) is 62.2 Å². The van der Waals surface area contributed by atoms with Gasteiger partial charge in [0.1, 0.15) is 0 Å². The van der Waals surface area contributed by atoms with E-state index in [1.807, 2.05) is 0 Å². The number of carbonyl (C=O) groups is 2. The maximum atomic E-state index is 12.5. The van der Waals surface area contributed by atoms with Crippen molar-refractivity contribution in [3.63, 3.8) is 0 Å². The van der Waals surface area contributed by atoms with Crippen molar-refractivity contribution in [1.29, 1.82) is 0 Å². The van der Waals surface area contributed by atoms with E-state index in [0.29, 0.717) is 5.56 Å². The Morgan fingerprint density at radius 2 is 1.83 bits per heavy atom. The van der Waals surface area contributed by atoms with Gasteiger partial charge in [-0.1, -0.05) is 6.92 Å². The van der Waals surface area contributed by atoms with Crippen molar-refractivity contribution in [3.05, 3.63) is 18.0 Å². The molecular formula is C19H27N3O2. The third-order valence-electron chi connectivity index (χ3n) is 6.71. The molecule has 5 heteroatoms. The lowest BCUT2D eigenvalue weighted by Crippen LogP contribution is -2.57. The number of rotatable bonds is 5. The van der Waals surface area contributed by atoms with Gasteiger partial charge in [0.2, 0.25) is 0 Å². The van der Waals surface area contributed by atoms with Crippen LogP contribution in [-0.2, 0) is 11.8 Å². The molecule has 4 aliphatic rings. The second-order valence-corrected chi connectivity index (χ2v) is 8.45. The molecule has 1 heterocycles. The molecule has 0 aliphatic heterocycles. The number of amides is 1. The molecule has 1 aromatic rings. The first-order chi connectivity index (χ1) is 11.5. The first kappa shape index (κ1) is 15.9. The molecule has 5 nitrogen and oxygen atoms in total. The second-order valence-electron chi connectivity index (χ2n) is 8.45. The molecule has 4 fully saturated rings. The van der Waals surface area contributed by atoms with Gasteiger partial charge in [0.15, 0.2) is 0 Å². The lowest BCUT2D eigenvalue weighted by Gasteiger charge is -2.59. The van der Waals surface area contributed by atoms with Gasteiger partial charge < -0.3 is 5.32 Å². The van der Waals surface area contributed by atoms with Crippen LogP contribution >= 0.6 is 0 Å². The topological polar surface area (TPSA) is 64.0 Å². The van der Waals surface area contributed by atoms with Crippen molar-refractivity contribution in [2.24, 2.45) is 30.2 Å². The van der Waals surface area contributed by atoms with E-state index in [9.17, 15) is 9.59 Å². The Labute approximate surface area is 143 Å². The summed E-state index contributed by atoms with van der Waals surface area (Å²) in [7, 11) is 1.75. The predicted octanol–water partition coefficient (Wildman–Crippen LogP) is 2.71. The third kappa shape index (κ3) is 2.58. The number of Topliss-reactive ketones (excluding diaryl/α,β-unsaturated/α-hetero) is 1. The smallest absolute Gasteiger partial charge is 0.292 e. The fourth-order valence-corrected chi connectivity index (χ4v) is 6.19. The highest BCUT2D eigenvalue weighted by Crippen LogP contribution is 2.61. The number of carbonyl (C=O) groups excluding carboxylic acids is 2. The van der Waals surface area contributed by atoms with Gasteiger partial charge in [0, 0.05) is 19.3 Å². The summed E-state index contributed by atoms with van der Waals surface area (Å²) in [5.41, 5.74) is 0.601. The molecule has 130 valence electrons. The summed E-state index contributed by atoms with van der Waals surface area (Å²) >= 11 is 0. The number of nitrogens with zero attached hydrogens (tertiary/aromatic N) is 2. The predicted molar refractivity (Wildman–Crippen MR) is 90.4 cm³/mol. The summed E-state index contributed by atoms with van der Waals surface area (Å²) in [6, 6.07) is 0.124. The molecule has 0 unspecified atom stereocenters. The average Bonchev–Trinajstić information content (AvgIpc) is 2.96. The Hall–Kier alpha value is -1.65. The summed E-state index contributed by atoms with van der Waals surface area (Å²) in [6.07, 6.45) is 11.8. The standard InChI is InChI=1S/C19H27N3O2/c1-3-16(21-18(24)17(23)15-10-20-22(2)11-15)19-7-12-4-13(8-19)6-14(5-12)9-19/h10-14,16H,3-9H2,1-2H3,(H,21,24)/t12?,13?,14?,16-,19?/m1/s1. The first-order valence-corrected chi connectivity index (χ1v) is 9.33. The third-order valence-corrected chi connectivity index (χ3v) is 6.71. The zero-order valence-electron chi connectivity index (χ0n) is 14.6. The fraction of sp³-hybridized carbons (Fsp3) is 0.737. The molecule has 0 radical (unpaired) electrons. The molecule has 4 bridgehead atoms. The van der Waals surface area contributed by atoms with Crippen molar-refractivity contribution in [1.82, 2.24) is 15.1 Å². The van der Waals surface area contributed by atoms with Gasteiger partial charge in [-0.3, -0.25) is 14.3 Å². The summed E-state index contributed by atoms with van der Waals surface area (Å²) in [4.78, 5) is 24.9. The van der Waals surface area contributed by atoms with Gasteiger partial charge in [-0.05, 0) is 68.1 Å². The van der Waals surface area contributed by atoms with Crippen molar-refractivity contribution in [3.8, 4) is 0 Å². The van der Waals surface area contributed by atoms with E-state index in [1.165, 1.54) is 44.7 Å². The molecule has 1 atom stereocenters. The van der Waals surface area contributed by atoms with Gasteiger partial charge in [-0.15, -0.1) is 0 Å². The number of aromatic nitrogens is 2. The van der Waals surface area contributed by atoms with Crippen LogP contribution in [0.15, 0.2) is 12.4 Å². The quantitative estimate of drug-likeness (QED) is 0.667. The van der Waals surface area contributed by atoms with Crippen LogP contribution in [0.2, 0.25) is 0 Å². The zero-order valence-corrected chi connectivity index (χ0v) is 14.6. The van der Waals surface area contributed by atoms with Crippen molar-refractivity contribution >= 4 is 11.7 Å². The maximum absolute atomic E-state index is 12.5. The zero-order chi connectivity index (χ0) is 16.9. The number of hydrogen-bond donors (Lipinski definition) is 1. The lowest BCUT2D eigenvalue weighted by molar-refractivity contribution is -0.122. The number of hydrogen-bond acceptors (Lipinski definition) is 3. The summed E-state index contributed by atoms with van der Waals surface area (Å²) in [5.74, 6) is 1.60.